The fraction of sp³-hybridized carbons (Fsp3) is 0.333. The van der Waals surface area contributed by atoms with Gasteiger partial charge >= 0.3 is 0 Å². The Morgan fingerprint density at radius 2 is 1.88 bits per heavy atom. The third-order valence-corrected chi connectivity index (χ3v) is 3.42. The number of hydrogen-bond donors (Lipinski definition) is 0. The van der Waals surface area contributed by atoms with Gasteiger partial charge in [-0.25, -0.2) is 0 Å². The van der Waals surface area contributed by atoms with Gasteiger partial charge in [-0.1, -0.05) is 23.2 Å². The molecule has 0 saturated carbocycles. The van der Waals surface area contributed by atoms with E-state index in [0.717, 1.165) is 37.4 Å². The highest BCUT2D eigenvalue weighted by molar-refractivity contribution is 6.38. The predicted octanol–water partition coefficient (Wildman–Crippen LogP) is 3.58. The minimum absolute atomic E-state index is 0.548. The van der Waals surface area contributed by atoms with E-state index in [-0.39, 0.29) is 0 Å². The van der Waals surface area contributed by atoms with E-state index in [9.17, 15) is 0 Å². The van der Waals surface area contributed by atoms with Crippen molar-refractivity contribution in [3.05, 3.63) is 28.4 Å². The molecule has 1 aromatic heterocycles. The maximum atomic E-state index is 6.09. The molecular weight excluding hydrogens is 261 g/mol. The van der Waals surface area contributed by atoms with E-state index in [1.54, 1.807) is 12.3 Å². The quantitative estimate of drug-likeness (QED) is 0.793. The Kier molecular flexibility index (Phi) is 2.90. The van der Waals surface area contributed by atoms with Gasteiger partial charge < -0.3 is 14.1 Å². The molecule has 1 aromatic carbocycles. The molecule has 1 aliphatic heterocycles. The molecule has 5 heteroatoms. The van der Waals surface area contributed by atoms with Crippen molar-refractivity contribution < 1.29 is 9.15 Å². The lowest BCUT2D eigenvalue weighted by molar-refractivity contribution is 0.123. The zero-order valence-corrected chi connectivity index (χ0v) is 10.6. The number of hydrogen-bond acceptors (Lipinski definition) is 3. The summed E-state index contributed by atoms with van der Waals surface area (Å²) >= 11 is 12.1. The van der Waals surface area contributed by atoms with Crippen LogP contribution < -0.4 is 4.90 Å². The lowest BCUT2D eigenvalue weighted by Crippen LogP contribution is -2.36. The lowest BCUT2D eigenvalue weighted by atomic mass is 10.2. The molecule has 3 nitrogen and oxygen atoms in total. The average Bonchev–Trinajstić information content (AvgIpc) is 2.74. The van der Waals surface area contributed by atoms with E-state index in [0.29, 0.717) is 15.6 Å². The van der Waals surface area contributed by atoms with Crippen LogP contribution in [0.1, 0.15) is 0 Å². The van der Waals surface area contributed by atoms with Gasteiger partial charge in [-0.2, -0.15) is 0 Å². The van der Waals surface area contributed by atoms with E-state index in [1.165, 1.54) is 0 Å². The van der Waals surface area contributed by atoms with Gasteiger partial charge in [0.25, 0.3) is 0 Å². The van der Waals surface area contributed by atoms with Crippen LogP contribution in [0.4, 0.5) is 5.69 Å². The Bertz CT molecular complexity index is 547. The first-order valence-electron chi connectivity index (χ1n) is 5.44. The van der Waals surface area contributed by atoms with Gasteiger partial charge in [0.05, 0.1) is 23.9 Å². The number of furan rings is 1. The monoisotopic (exact) mass is 271 g/mol. The van der Waals surface area contributed by atoms with E-state index >= 15 is 0 Å². The maximum Gasteiger partial charge on any atom is 0.154 e. The summed E-state index contributed by atoms with van der Waals surface area (Å²) in [5, 5.41) is 2.13. The Morgan fingerprint density at radius 1 is 1.12 bits per heavy atom. The number of rotatable bonds is 1. The summed E-state index contributed by atoms with van der Waals surface area (Å²) in [5.41, 5.74) is 1.73. The Balaban J connectivity index is 2.10. The van der Waals surface area contributed by atoms with Gasteiger partial charge in [0.2, 0.25) is 0 Å². The van der Waals surface area contributed by atoms with Crippen molar-refractivity contribution in [3.8, 4) is 0 Å². The molecule has 0 amide bonds. The lowest BCUT2D eigenvalue weighted by Gasteiger charge is -2.27. The topological polar surface area (TPSA) is 25.6 Å². The van der Waals surface area contributed by atoms with E-state index < -0.39 is 0 Å². The van der Waals surface area contributed by atoms with E-state index in [1.807, 2.05) is 6.07 Å². The highest BCUT2D eigenvalue weighted by Gasteiger charge is 2.18. The van der Waals surface area contributed by atoms with Crippen molar-refractivity contribution in [1.82, 2.24) is 0 Å². The van der Waals surface area contributed by atoms with Crippen LogP contribution in [0, 0.1) is 0 Å². The van der Waals surface area contributed by atoms with Crippen molar-refractivity contribution in [1.29, 1.82) is 0 Å². The molecule has 17 heavy (non-hydrogen) atoms. The highest BCUT2D eigenvalue weighted by atomic mass is 35.5. The second-order valence-corrected chi connectivity index (χ2v) is 4.83. The molecule has 90 valence electrons. The molecule has 0 N–H and O–H groups in total. The van der Waals surface area contributed by atoms with Crippen molar-refractivity contribution in [2.75, 3.05) is 31.2 Å². The summed E-state index contributed by atoms with van der Waals surface area (Å²) in [6.07, 6.45) is 1.73. The van der Waals surface area contributed by atoms with Gasteiger partial charge in [-0.3, -0.25) is 0 Å². The number of halogens is 2. The van der Waals surface area contributed by atoms with Crippen LogP contribution in [0.5, 0.6) is 0 Å². The van der Waals surface area contributed by atoms with Crippen LogP contribution in [0.15, 0.2) is 22.8 Å². The van der Waals surface area contributed by atoms with Crippen molar-refractivity contribution in [2.24, 2.45) is 0 Å². The summed E-state index contributed by atoms with van der Waals surface area (Å²) in [5.74, 6) is 0. The molecule has 0 radical (unpaired) electrons. The van der Waals surface area contributed by atoms with Crippen molar-refractivity contribution in [3.63, 3.8) is 0 Å². The molecule has 3 rings (SSSR count). The summed E-state index contributed by atoms with van der Waals surface area (Å²) in [6, 6.07) is 3.58. The van der Waals surface area contributed by atoms with Crippen molar-refractivity contribution >= 4 is 39.9 Å². The molecule has 0 bridgehead atoms. The molecule has 0 atom stereocenters. The minimum Gasteiger partial charge on any atom is -0.461 e. The highest BCUT2D eigenvalue weighted by Crippen LogP contribution is 2.36. The molecule has 2 heterocycles. The first-order chi connectivity index (χ1) is 8.25. The van der Waals surface area contributed by atoms with Gasteiger partial charge in [-0.05, 0) is 12.1 Å². The zero-order chi connectivity index (χ0) is 11.8. The Hall–Kier alpha value is -0.900. The predicted molar refractivity (Wildman–Crippen MR) is 69.3 cm³/mol. The second kappa shape index (κ2) is 4.41. The standard InChI is InChI=1S/C12H11Cl2NO2/c13-8-5-9-11(15-1-3-16-4-2-15)7-17-12(9)10(14)6-8/h5-7H,1-4H2. The van der Waals surface area contributed by atoms with Gasteiger partial charge in [0.15, 0.2) is 5.58 Å². The fourth-order valence-corrected chi connectivity index (χ4v) is 2.64. The normalized spacial score (nSPS) is 16.7. The first-order valence-corrected chi connectivity index (χ1v) is 6.20. The minimum atomic E-state index is 0.548. The number of anilines is 1. The van der Waals surface area contributed by atoms with E-state index in [2.05, 4.69) is 4.90 Å². The summed E-state index contributed by atoms with van der Waals surface area (Å²) in [4.78, 5) is 2.22. The maximum absolute atomic E-state index is 6.09. The molecule has 1 fully saturated rings. The van der Waals surface area contributed by atoms with Crippen LogP contribution in [0.2, 0.25) is 10.0 Å². The zero-order valence-electron chi connectivity index (χ0n) is 9.08. The molecule has 0 unspecified atom stereocenters. The molecule has 1 aliphatic rings. The summed E-state index contributed by atoms with van der Waals surface area (Å²) in [7, 11) is 0. The van der Waals surface area contributed by atoms with Gasteiger partial charge in [0.1, 0.15) is 6.26 Å². The summed E-state index contributed by atoms with van der Waals surface area (Å²) in [6.45, 7) is 3.19. The Morgan fingerprint density at radius 3 is 2.65 bits per heavy atom. The largest absolute Gasteiger partial charge is 0.461 e. The SMILES string of the molecule is Clc1cc(Cl)c2occ(N3CCOCC3)c2c1. The molecule has 0 aliphatic carbocycles. The molecule has 0 spiro atoms. The number of morpholine rings is 1. The van der Waals surface area contributed by atoms with Crippen molar-refractivity contribution in [2.45, 2.75) is 0 Å². The smallest absolute Gasteiger partial charge is 0.154 e. The number of nitrogens with zero attached hydrogens (tertiary/aromatic N) is 1. The second-order valence-electron chi connectivity index (χ2n) is 3.98. The summed E-state index contributed by atoms with van der Waals surface area (Å²) < 4.78 is 10.8. The molecule has 2 aromatic rings. The van der Waals surface area contributed by atoms with Crippen LogP contribution >= 0.6 is 23.2 Å². The average molecular weight is 272 g/mol. The van der Waals surface area contributed by atoms with Crippen LogP contribution in [-0.2, 0) is 4.74 Å². The van der Waals surface area contributed by atoms with Gasteiger partial charge in [0, 0.05) is 23.5 Å². The van der Waals surface area contributed by atoms with Gasteiger partial charge in [-0.15, -0.1) is 0 Å². The third kappa shape index (κ3) is 1.99. The van der Waals surface area contributed by atoms with Crippen LogP contribution in [0.25, 0.3) is 11.0 Å². The number of benzene rings is 1. The number of ether oxygens (including phenoxy) is 1. The van der Waals surface area contributed by atoms with Crippen LogP contribution in [0.3, 0.4) is 0 Å². The Labute approximate surface area is 109 Å². The molecule has 1 saturated heterocycles. The van der Waals surface area contributed by atoms with Crippen LogP contribution in [-0.4, -0.2) is 26.3 Å². The number of fused-ring (bicyclic) bond motifs is 1. The first kappa shape index (κ1) is 11.2. The third-order valence-electron chi connectivity index (χ3n) is 2.92. The fourth-order valence-electron chi connectivity index (χ4n) is 2.10. The van der Waals surface area contributed by atoms with E-state index in [4.69, 9.17) is 32.4 Å². The molecular formula is C12H11Cl2NO2.